The number of non-ortho nitro benzene ring substituents is 1. The van der Waals surface area contributed by atoms with E-state index in [1.807, 2.05) is 19.9 Å². The van der Waals surface area contributed by atoms with Crippen molar-refractivity contribution in [3.63, 3.8) is 0 Å². The van der Waals surface area contributed by atoms with E-state index in [2.05, 4.69) is 20.5 Å². The fraction of sp³-hybridized carbons (Fsp3) is 0.250. The van der Waals surface area contributed by atoms with Crippen LogP contribution >= 0.6 is 11.8 Å². The molecule has 1 N–H and O–H groups in total. The Bertz CT molecular complexity index is 1040. The van der Waals surface area contributed by atoms with E-state index in [1.54, 1.807) is 4.40 Å². The molecule has 0 fully saturated rings. The zero-order valence-corrected chi connectivity index (χ0v) is 15.6. The number of aromatic nitrogens is 4. The van der Waals surface area contributed by atoms with Crippen LogP contribution in [0.2, 0.25) is 0 Å². The first-order chi connectivity index (χ1) is 12.9. The highest BCUT2D eigenvalue weighted by molar-refractivity contribution is 7.99. The first kappa shape index (κ1) is 18.6. The second-order valence-electron chi connectivity index (χ2n) is 5.64. The molecule has 3 rings (SSSR count). The highest BCUT2D eigenvalue weighted by Crippen LogP contribution is 2.29. The molecule has 0 spiro atoms. The van der Waals surface area contributed by atoms with E-state index < -0.39 is 4.92 Å². The highest BCUT2D eigenvalue weighted by atomic mass is 32.2. The first-order valence-electron chi connectivity index (χ1n) is 7.83. The molecule has 1 aromatic carbocycles. The molecule has 10 nitrogen and oxygen atoms in total. The van der Waals surface area contributed by atoms with Crippen LogP contribution in [-0.2, 0) is 4.79 Å². The molecule has 0 radical (unpaired) electrons. The molecule has 0 atom stereocenters. The molecule has 3 aromatic rings. The predicted molar refractivity (Wildman–Crippen MR) is 99.3 cm³/mol. The van der Waals surface area contributed by atoms with E-state index in [9.17, 15) is 14.9 Å². The van der Waals surface area contributed by atoms with Gasteiger partial charge in [-0.2, -0.15) is 0 Å². The minimum atomic E-state index is -0.529. The number of rotatable bonds is 6. The summed E-state index contributed by atoms with van der Waals surface area (Å²) in [6.07, 6.45) is 0. The fourth-order valence-electron chi connectivity index (χ4n) is 2.51. The zero-order chi connectivity index (χ0) is 19.6. The Balaban J connectivity index is 1.71. The number of hydrogen-bond donors (Lipinski definition) is 1. The van der Waals surface area contributed by atoms with Crippen LogP contribution in [-0.4, -0.2) is 43.3 Å². The van der Waals surface area contributed by atoms with Crippen LogP contribution in [0.1, 0.15) is 11.4 Å². The smallest absolute Gasteiger partial charge is 0.273 e. The Hall–Kier alpha value is -3.21. The van der Waals surface area contributed by atoms with Crippen molar-refractivity contribution >= 4 is 34.8 Å². The molecular formula is C16H16N6O4S. The maximum absolute atomic E-state index is 12.3. The summed E-state index contributed by atoms with van der Waals surface area (Å²) in [6.45, 7) is 3.79. The second-order valence-corrected chi connectivity index (χ2v) is 6.58. The van der Waals surface area contributed by atoms with E-state index in [-0.39, 0.29) is 23.1 Å². The number of benzene rings is 1. The number of hydrogen-bond acceptors (Lipinski definition) is 8. The van der Waals surface area contributed by atoms with Crippen LogP contribution in [0.15, 0.2) is 29.4 Å². The first-order valence-corrected chi connectivity index (χ1v) is 8.82. The molecule has 0 aliphatic carbocycles. The number of thioether (sulfide) groups is 1. The zero-order valence-electron chi connectivity index (χ0n) is 14.8. The van der Waals surface area contributed by atoms with Crippen LogP contribution in [0.4, 0.5) is 11.4 Å². The summed E-state index contributed by atoms with van der Waals surface area (Å²) in [4.78, 5) is 26.9. The summed E-state index contributed by atoms with van der Waals surface area (Å²) in [7, 11) is 1.38. The maximum Gasteiger partial charge on any atom is 0.273 e. The Morgan fingerprint density at radius 1 is 1.33 bits per heavy atom. The van der Waals surface area contributed by atoms with Gasteiger partial charge in [-0.15, -0.1) is 10.2 Å². The summed E-state index contributed by atoms with van der Waals surface area (Å²) in [5.74, 6) is 0.467. The second kappa shape index (κ2) is 7.58. The molecule has 0 saturated carbocycles. The standard InChI is InChI=1S/C16H16N6O4S/c1-9-6-10(2)21-15(17-9)19-20-16(21)27-8-14(23)18-12-5-4-11(22(24)25)7-13(12)26-3/h4-7H,8H2,1-3H3,(H,18,23). The molecule has 1 amide bonds. The van der Waals surface area contributed by atoms with Crippen molar-refractivity contribution in [1.82, 2.24) is 19.6 Å². The van der Waals surface area contributed by atoms with Gasteiger partial charge in [-0.25, -0.2) is 4.98 Å². The van der Waals surface area contributed by atoms with Gasteiger partial charge in [0.05, 0.1) is 29.5 Å². The van der Waals surface area contributed by atoms with Crippen LogP contribution in [0, 0.1) is 24.0 Å². The van der Waals surface area contributed by atoms with Gasteiger partial charge < -0.3 is 10.1 Å². The molecule has 11 heteroatoms. The van der Waals surface area contributed by atoms with Gasteiger partial charge in [0, 0.05) is 17.5 Å². The van der Waals surface area contributed by atoms with Crippen LogP contribution in [0.3, 0.4) is 0 Å². The Kier molecular flexibility index (Phi) is 5.21. The van der Waals surface area contributed by atoms with E-state index >= 15 is 0 Å². The molecule has 0 bridgehead atoms. The van der Waals surface area contributed by atoms with Crippen molar-refractivity contribution in [3.8, 4) is 5.75 Å². The van der Waals surface area contributed by atoms with E-state index in [0.29, 0.717) is 16.6 Å². The lowest BCUT2D eigenvalue weighted by molar-refractivity contribution is -0.384. The third-order valence-electron chi connectivity index (χ3n) is 3.67. The minimum Gasteiger partial charge on any atom is -0.494 e. The lowest BCUT2D eigenvalue weighted by atomic mass is 10.2. The summed E-state index contributed by atoms with van der Waals surface area (Å²) in [5.41, 5.74) is 2.00. The topological polar surface area (TPSA) is 125 Å². The minimum absolute atomic E-state index is 0.0776. The van der Waals surface area contributed by atoms with Crippen LogP contribution in [0.5, 0.6) is 5.75 Å². The number of anilines is 1. The number of ether oxygens (including phenoxy) is 1. The largest absolute Gasteiger partial charge is 0.494 e. The predicted octanol–water partition coefficient (Wildman–Crippen LogP) is 2.39. The Morgan fingerprint density at radius 2 is 2.11 bits per heavy atom. The molecular weight excluding hydrogens is 372 g/mol. The van der Waals surface area contributed by atoms with Crippen molar-refractivity contribution in [1.29, 1.82) is 0 Å². The molecule has 27 heavy (non-hydrogen) atoms. The number of aryl methyl sites for hydroxylation is 2. The molecule has 0 unspecified atom stereocenters. The number of carbonyl (C=O) groups excluding carboxylic acids is 1. The number of fused-ring (bicyclic) bond motifs is 1. The van der Waals surface area contributed by atoms with Gasteiger partial charge in [-0.3, -0.25) is 19.3 Å². The van der Waals surface area contributed by atoms with Crippen molar-refractivity contribution < 1.29 is 14.5 Å². The van der Waals surface area contributed by atoms with Crippen molar-refractivity contribution in [2.24, 2.45) is 0 Å². The molecule has 2 heterocycles. The number of nitro benzene ring substituents is 1. The lowest BCUT2D eigenvalue weighted by Gasteiger charge is -2.09. The number of methoxy groups -OCH3 is 1. The summed E-state index contributed by atoms with van der Waals surface area (Å²) < 4.78 is 6.89. The van der Waals surface area contributed by atoms with Gasteiger partial charge >= 0.3 is 0 Å². The number of nitrogens with one attached hydrogen (secondary N) is 1. The third kappa shape index (κ3) is 3.97. The summed E-state index contributed by atoms with van der Waals surface area (Å²) in [5, 5.41) is 22.2. The Labute approximate surface area is 158 Å². The number of nitrogens with zero attached hydrogens (tertiary/aromatic N) is 5. The third-order valence-corrected chi connectivity index (χ3v) is 4.59. The van der Waals surface area contributed by atoms with E-state index in [4.69, 9.17) is 4.74 Å². The maximum atomic E-state index is 12.3. The van der Waals surface area contributed by atoms with Gasteiger partial charge in [0.15, 0.2) is 5.16 Å². The quantitative estimate of drug-likeness (QED) is 0.388. The average molecular weight is 388 g/mol. The van der Waals surface area contributed by atoms with E-state index in [0.717, 1.165) is 11.4 Å². The Morgan fingerprint density at radius 3 is 2.81 bits per heavy atom. The molecule has 2 aromatic heterocycles. The molecule has 0 aliphatic heterocycles. The average Bonchev–Trinajstić information content (AvgIpc) is 3.03. The normalized spacial score (nSPS) is 10.8. The number of carbonyl (C=O) groups is 1. The summed E-state index contributed by atoms with van der Waals surface area (Å²) in [6, 6.07) is 5.89. The highest BCUT2D eigenvalue weighted by Gasteiger charge is 2.15. The van der Waals surface area contributed by atoms with Crippen molar-refractivity contribution in [2.75, 3.05) is 18.2 Å². The molecule has 140 valence electrons. The van der Waals surface area contributed by atoms with Gasteiger partial charge in [0.25, 0.3) is 11.5 Å². The van der Waals surface area contributed by atoms with Gasteiger partial charge in [-0.1, -0.05) is 11.8 Å². The SMILES string of the molecule is COc1cc([N+](=O)[O-])ccc1NC(=O)CSc1nnc2nc(C)cc(C)n12. The van der Waals surface area contributed by atoms with Gasteiger partial charge in [0.2, 0.25) is 5.91 Å². The van der Waals surface area contributed by atoms with Gasteiger partial charge in [-0.05, 0) is 26.0 Å². The van der Waals surface area contributed by atoms with E-state index in [1.165, 1.54) is 37.1 Å². The monoisotopic (exact) mass is 388 g/mol. The molecule has 0 saturated heterocycles. The van der Waals surface area contributed by atoms with Crippen molar-refractivity contribution in [3.05, 3.63) is 45.8 Å². The lowest BCUT2D eigenvalue weighted by Crippen LogP contribution is -2.15. The molecule has 0 aliphatic rings. The fourth-order valence-corrected chi connectivity index (χ4v) is 3.29. The van der Waals surface area contributed by atoms with Crippen molar-refractivity contribution in [2.45, 2.75) is 19.0 Å². The van der Waals surface area contributed by atoms with Gasteiger partial charge in [0.1, 0.15) is 5.75 Å². The number of amides is 1. The summed E-state index contributed by atoms with van der Waals surface area (Å²) >= 11 is 1.21. The van der Waals surface area contributed by atoms with Crippen LogP contribution in [0.25, 0.3) is 5.78 Å². The van der Waals surface area contributed by atoms with Crippen LogP contribution < -0.4 is 10.1 Å². The number of nitro groups is 1.